The number of benzene rings is 2. The van der Waals surface area contributed by atoms with Crippen molar-refractivity contribution < 1.29 is 14.0 Å². The monoisotopic (exact) mass is 387 g/mol. The molecule has 1 heterocycles. The van der Waals surface area contributed by atoms with Crippen molar-refractivity contribution in [3.8, 4) is 11.1 Å². The van der Waals surface area contributed by atoms with Crippen LogP contribution in [0.4, 0.5) is 4.39 Å². The zero-order valence-corrected chi connectivity index (χ0v) is 15.2. The minimum absolute atomic E-state index is 0.0570. The first-order valence-corrected chi connectivity index (χ1v) is 8.56. The molecule has 5 nitrogen and oxygen atoms in total. The van der Waals surface area contributed by atoms with Crippen molar-refractivity contribution in [2.45, 2.75) is 6.42 Å². The maximum atomic E-state index is 13.7. The minimum Gasteiger partial charge on any atom is -0.370 e. The van der Waals surface area contributed by atoms with Crippen LogP contribution in [-0.2, 0) is 4.79 Å². The van der Waals surface area contributed by atoms with Gasteiger partial charge in [-0.15, -0.1) is 0 Å². The number of nitrogens with one attached hydrogen (secondary N) is 2. The lowest BCUT2D eigenvalue weighted by atomic mass is 10.1. The zero-order chi connectivity index (χ0) is 19.6. The van der Waals surface area contributed by atoms with Crippen LogP contribution in [0, 0.1) is 5.82 Å². The molecule has 27 heavy (non-hydrogen) atoms. The lowest BCUT2D eigenvalue weighted by molar-refractivity contribution is -0.117. The fourth-order valence-electron chi connectivity index (χ4n) is 2.26. The molecule has 0 atom stereocenters. The number of carbonyl (C=O) groups is 2. The summed E-state index contributed by atoms with van der Waals surface area (Å²) in [6.45, 7) is 0.143. The Balaban J connectivity index is 0.000000313. The van der Waals surface area contributed by atoms with Crippen LogP contribution < -0.4 is 11.1 Å². The molecule has 3 aromatic rings. The van der Waals surface area contributed by atoms with E-state index < -0.39 is 17.6 Å². The molecule has 7 heteroatoms. The predicted molar refractivity (Wildman–Crippen MR) is 104 cm³/mol. The van der Waals surface area contributed by atoms with E-state index in [1.165, 1.54) is 6.07 Å². The van der Waals surface area contributed by atoms with Crippen molar-refractivity contribution in [3.63, 3.8) is 0 Å². The molecule has 4 N–H and O–H groups in total. The summed E-state index contributed by atoms with van der Waals surface area (Å²) in [4.78, 5) is 25.4. The van der Waals surface area contributed by atoms with Crippen molar-refractivity contribution in [2.24, 2.45) is 5.73 Å². The van der Waals surface area contributed by atoms with E-state index in [1.54, 1.807) is 30.5 Å². The summed E-state index contributed by atoms with van der Waals surface area (Å²) in [5, 5.41) is 3.35. The molecule has 0 fully saturated rings. The summed E-state index contributed by atoms with van der Waals surface area (Å²) in [7, 11) is 0. The van der Waals surface area contributed by atoms with Gasteiger partial charge in [-0.2, -0.15) is 0 Å². The zero-order valence-electron chi connectivity index (χ0n) is 14.4. The van der Waals surface area contributed by atoms with E-state index in [9.17, 15) is 14.0 Å². The lowest BCUT2D eigenvalue weighted by Gasteiger charge is -2.06. The third-order valence-electron chi connectivity index (χ3n) is 3.53. The van der Waals surface area contributed by atoms with Gasteiger partial charge in [-0.05, 0) is 24.3 Å². The van der Waals surface area contributed by atoms with Gasteiger partial charge in [0.1, 0.15) is 11.5 Å². The number of amides is 2. The molecule has 0 radical (unpaired) electrons. The van der Waals surface area contributed by atoms with Crippen LogP contribution in [0.3, 0.4) is 0 Å². The molecule has 1 aromatic heterocycles. The minimum atomic E-state index is -0.494. The molecule has 0 unspecified atom stereocenters. The molecule has 0 aliphatic carbocycles. The first-order valence-electron chi connectivity index (χ1n) is 8.18. The van der Waals surface area contributed by atoms with Gasteiger partial charge in [0, 0.05) is 35.3 Å². The molecule has 0 aliphatic rings. The number of nitrogens with two attached hydrogens (primary N) is 1. The second-order valence-corrected chi connectivity index (χ2v) is 5.95. The summed E-state index contributed by atoms with van der Waals surface area (Å²) in [5.74, 6) is -1.31. The second-order valence-electron chi connectivity index (χ2n) is 5.51. The molecule has 3 rings (SSSR count). The predicted octanol–water partition coefficient (Wildman–Crippen LogP) is 3.77. The van der Waals surface area contributed by atoms with Gasteiger partial charge in [-0.3, -0.25) is 9.59 Å². The Kier molecular flexibility index (Phi) is 7.58. The van der Waals surface area contributed by atoms with Crippen molar-refractivity contribution in [1.82, 2.24) is 10.3 Å². The number of H-pyrrole nitrogens is 1. The smallest absolute Gasteiger partial charge is 0.268 e. The number of aromatic nitrogens is 1. The fraction of sp³-hybridized carbons (Fsp3) is 0.100. The second kappa shape index (κ2) is 10.1. The molecule has 0 saturated heterocycles. The Morgan fingerprint density at radius 2 is 1.67 bits per heavy atom. The molecule has 0 aliphatic heterocycles. The molecule has 0 spiro atoms. The third-order valence-corrected chi connectivity index (χ3v) is 3.78. The highest BCUT2D eigenvalue weighted by molar-refractivity contribution is 6.30. The SMILES string of the molecule is Clc1ccccc1.NC(=O)CCNC(=O)c1[nH]ccc1-c1ccccc1F. The van der Waals surface area contributed by atoms with Crippen molar-refractivity contribution in [3.05, 3.63) is 83.4 Å². The molecule has 2 aromatic carbocycles. The van der Waals surface area contributed by atoms with Gasteiger partial charge in [-0.1, -0.05) is 48.0 Å². The van der Waals surface area contributed by atoms with E-state index in [0.717, 1.165) is 5.02 Å². The van der Waals surface area contributed by atoms with Gasteiger partial charge < -0.3 is 16.0 Å². The van der Waals surface area contributed by atoms with Crippen LogP contribution >= 0.6 is 11.6 Å². The van der Waals surface area contributed by atoms with Crippen molar-refractivity contribution in [2.75, 3.05) is 6.54 Å². The average Bonchev–Trinajstić information content (AvgIpc) is 3.12. The van der Waals surface area contributed by atoms with E-state index in [1.807, 2.05) is 30.3 Å². The summed E-state index contributed by atoms with van der Waals surface area (Å²) in [6.07, 6.45) is 1.62. The van der Waals surface area contributed by atoms with Gasteiger partial charge in [0.15, 0.2) is 0 Å². The lowest BCUT2D eigenvalue weighted by Crippen LogP contribution is -2.28. The Morgan fingerprint density at radius 1 is 1.00 bits per heavy atom. The molecule has 0 bridgehead atoms. The molecule has 140 valence electrons. The van der Waals surface area contributed by atoms with Gasteiger partial charge in [-0.25, -0.2) is 4.39 Å². The van der Waals surface area contributed by atoms with Gasteiger partial charge in [0.25, 0.3) is 5.91 Å². The van der Waals surface area contributed by atoms with E-state index in [2.05, 4.69) is 10.3 Å². The standard InChI is InChI=1S/C14H14FN3O2.C6H5Cl/c15-11-4-2-1-3-9(11)10-5-7-17-13(10)14(20)18-8-6-12(16)19;7-6-4-2-1-3-5-6/h1-5,7,17H,6,8H2,(H2,16,19)(H,18,20);1-5H. The molecule has 2 amide bonds. The van der Waals surface area contributed by atoms with Gasteiger partial charge in [0.2, 0.25) is 5.91 Å². The first-order chi connectivity index (χ1) is 13.0. The largest absolute Gasteiger partial charge is 0.370 e. The van der Waals surface area contributed by atoms with Crippen LogP contribution in [0.15, 0.2) is 66.9 Å². The van der Waals surface area contributed by atoms with Crippen LogP contribution in [0.2, 0.25) is 5.02 Å². The number of rotatable bonds is 5. The normalized spacial score (nSPS) is 9.85. The quantitative estimate of drug-likeness (QED) is 0.622. The first kappa shape index (κ1) is 20.2. The summed E-state index contributed by atoms with van der Waals surface area (Å²) < 4.78 is 13.7. The molecular weight excluding hydrogens is 369 g/mol. The van der Waals surface area contributed by atoms with Crippen LogP contribution in [0.1, 0.15) is 16.9 Å². The van der Waals surface area contributed by atoms with Crippen LogP contribution in [-0.4, -0.2) is 23.3 Å². The van der Waals surface area contributed by atoms with Crippen LogP contribution in [0.5, 0.6) is 0 Å². The Morgan fingerprint density at radius 3 is 2.26 bits per heavy atom. The summed E-state index contributed by atoms with van der Waals surface area (Å²) in [6, 6.07) is 17.3. The van der Waals surface area contributed by atoms with Crippen molar-refractivity contribution in [1.29, 1.82) is 0 Å². The summed E-state index contributed by atoms with van der Waals surface area (Å²) in [5.41, 5.74) is 6.05. The average molecular weight is 388 g/mol. The maximum Gasteiger partial charge on any atom is 0.268 e. The maximum absolute atomic E-state index is 13.7. The Hall–Kier alpha value is -3.12. The van der Waals surface area contributed by atoms with Crippen molar-refractivity contribution >= 4 is 23.4 Å². The number of carbonyl (C=O) groups excluding carboxylic acids is 2. The molecule has 0 saturated carbocycles. The van der Waals surface area contributed by atoms with Crippen LogP contribution in [0.25, 0.3) is 11.1 Å². The number of halogens is 2. The third kappa shape index (κ3) is 6.27. The Labute approximate surface area is 161 Å². The van der Waals surface area contributed by atoms with E-state index in [0.29, 0.717) is 11.1 Å². The number of hydrogen-bond donors (Lipinski definition) is 3. The summed E-state index contributed by atoms with van der Waals surface area (Å²) >= 11 is 5.54. The van der Waals surface area contributed by atoms with E-state index in [-0.39, 0.29) is 18.7 Å². The van der Waals surface area contributed by atoms with E-state index >= 15 is 0 Å². The topological polar surface area (TPSA) is 88.0 Å². The number of aromatic amines is 1. The van der Waals surface area contributed by atoms with Gasteiger partial charge in [0.05, 0.1) is 0 Å². The Bertz CT molecular complexity index is 897. The highest BCUT2D eigenvalue weighted by Crippen LogP contribution is 2.25. The highest BCUT2D eigenvalue weighted by atomic mass is 35.5. The van der Waals surface area contributed by atoms with E-state index in [4.69, 9.17) is 17.3 Å². The number of hydrogen-bond acceptors (Lipinski definition) is 2. The highest BCUT2D eigenvalue weighted by Gasteiger charge is 2.16. The fourth-order valence-corrected chi connectivity index (χ4v) is 2.41. The molecular formula is C20H19ClFN3O2. The number of primary amides is 1. The van der Waals surface area contributed by atoms with Gasteiger partial charge >= 0.3 is 0 Å².